The van der Waals surface area contributed by atoms with E-state index in [0.717, 1.165) is 103 Å². The summed E-state index contributed by atoms with van der Waals surface area (Å²) in [6.45, 7) is 6.64. The lowest BCUT2D eigenvalue weighted by molar-refractivity contribution is -0.870. The fraction of sp³-hybridized carbons (Fsp3) is 0.774. The number of allylic oxidation sites excluding steroid dienone is 9. The molecule has 0 aliphatic heterocycles. The molecule has 3 unspecified atom stereocenters. The van der Waals surface area contributed by atoms with E-state index in [-0.39, 0.29) is 31.3 Å². The zero-order chi connectivity index (χ0) is 46.5. The third-order valence-corrected chi connectivity index (χ3v) is 11.9. The van der Waals surface area contributed by atoms with Gasteiger partial charge in [0.15, 0.2) is 0 Å². The van der Waals surface area contributed by atoms with E-state index in [4.69, 9.17) is 13.8 Å². The molecule has 10 heteroatoms. The quantitative estimate of drug-likeness (QED) is 0.0213. The van der Waals surface area contributed by atoms with Crippen molar-refractivity contribution in [3.8, 4) is 0 Å². The van der Waals surface area contributed by atoms with E-state index in [1.54, 1.807) is 0 Å². The van der Waals surface area contributed by atoms with Crippen molar-refractivity contribution in [2.75, 3.05) is 40.9 Å². The summed E-state index contributed by atoms with van der Waals surface area (Å²) < 4.78 is 30.1. The fourth-order valence-corrected chi connectivity index (χ4v) is 7.65. The van der Waals surface area contributed by atoms with Crippen LogP contribution in [0, 0.1) is 0 Å². The molecule has 0 saturated heterocycles. The first-order chi connectivity index (χ1) is 30.4. The van der Waals surface area contributed by atoms with Crippen molar-refractivity contribution in [3.05, 3.63) is 60.8 Å². The van der Waals surface area contributed by atoms with E-state index in [9.17, 15) is 19.0 Å². The van der Waals surface area contributed by atoms with Crippen molar-refractivity contribution < 1.29 is 37.3 Å². The second kappa shape index (κ2) is 43.6. The molecule has 0 heterocycles. The Bertz CT molecular complexity index is 1270. The molecule has 3 atom stereocenters. The van der Waals surface area contributed by atoms with Crippen molar-refractivity contribution in [2.24, 2.45) is 0 Å². The van der Waals surface area contributed by atoms with Gasteiger partial charge in [0, 0.05) is 12.8 Å². The molecule has 63 heavy (non-hydrogen) atoms. The monoisotopic (exact) mass is 905 g/mol. The third kappa shape index (κ3) is 44.7. The smallest absolute Gasteiger partial charge is 0.306 e. The van der Waals surface area contributed by atoms with E-state index < -0.39 is 26.6 Å². The first-order valence-electron chi connectivity index (χ1n) is 25.6. The standard InChI is InChI=1S/C53H97N2O7P/c1-7-10-13-16-19-22-25-27-28-31-33-36-39-42-45-52(56)54-50(49-61-63(58,59)60-48-47-55(4,5)6)51(44-41-38-35-32-30-26-23-20-17-14-11-8-2)62-53(57)46-43-40-37-34-29-24-21-18-15-12-9-3/h10,13,18-19,21-22,27-28,41,44,50-51H,7-9,11-12,14-17,20,23-26,29-40,42-43,45-49H2,1-6H3,(H-,54,56,58,59)/b13-10+,21-18-,22-19+,28-27+,44-41+. The predicted octanol–water partition coefficient (Wildman–Crippen LogP) is 14.1. The highest BCUT2D eigenvalue weighted by Crippen LogP contribution is 2.38. The number of esters is 1. The molecule has 0 radical (unpaired) electrons. The second-order valence-electron chi connectivity index (χ2n) is 18.3. The number of phosphoric acid groups is 1. The van der Waals surface area contributed by atoms with Crippen molar-refractivity contribution >= 4 is 19.7 Å². The summed E-state index contributed by atoms with van der Waals surface area (Å²) >= 11 is 0. The van der Waals surface area contributed by atoms with E-state index >= 15 is 0 Å². The van der Waals surface area contributed by atoms with Crippen LogP contribution in [-0.4, -0.2) is 69.4 Å². The molecule has 0 bridgehead atoms. The molecule has 1 N–H and O–H groups in total. The number of nitrogens with one attached hydrogen (secondary N) is 1. The van der Waals surface area contributed by atoms with Crippen LogP contribution in [0.1, 0.15) is 213 Å². The van der Waals surface area contributed by atoms with Crippen LogP contribution < -0.4 is 10.2 Å². The molecule has 0 fully saturated rings. The molecule has 0 spiro atoms. The number of carbonyl (C=O) groups excluding carboxylic acids is 2. The molecule has 0 aliphatic carbocycles. The molecule has 0 aromatic heterocycles. The van der Waals surface area contributed by atoms with Gasteiger partial charge in [-0.1, -0.05) is 178 Å². The van der Waals surface area contributed by atoms with Crippen molar-refractivity contribution in [2.45, 2.75) is 226 Å². The minimum atomic E-state index is -4.69. The number of hydrogen-bond donors (Lipinski definition) is 1. The number of phosphoric ester groups is 1. The SMILES string of the molecule is CC/C=C/C/C=C/C/C=C/CCCCCCC(=O)NC(COP(=O)([O-])OCC[N+](C)(C)C)C(/C=C/CCCCCCCCCCCC)OC(=O)CCCCCCC/C=C\CCCC. The second-order valence-corrected chi connectivity index (χ2v) is 19.7. The lowest BCUT2D eigenvalue weighted by Crippen LogP contribution is -2.47. The lowest BCUT2D eigenvalue weighted by atomic mass is 10.0. The number of nitrogens with zero attached hydrogens (tertiary/aromatic N) is 1. The largest absolute Gasteiger partial charge is 0.756 e. The predicted molar refractivity (Wildman–Crippen MR) is 265 cm³/mol. The van der Waals surface area contributed by atoms with Crippen LogP contribution in [0.2, 0.25) is 0 Å². The van der Waals surface area contributed by atoms with E-state index in [1.165, 1.54) is 64.2 Å². The molecule has 0 aliphatic rings. The van der Waals surface area contributed by atoms with Crippen LogP contribution in [0.3, 0.4) is 0 Å². The van der Waals surface area contributed by atoms with Crippen LogP contribution in [0.4, 0.5) is 0 Å². The highest BCUT2D eigenvalue weighted by atomic mass is 31.2. The maximum absolute atomic E-state index is 13.4. The molecule has 0 rings (SSSR count). The summed E-state index contributed by atoms with van der Waals surface area (Å²) in [7, 11) is 1.16. The summed E-state index contributed by atoms with van der Waals surface area (Å²) in [6.07, 6.45) is 51.9. The van der Waals surface area contributed by atoms with Gasteiger partial charge in [-0.15, -0.1) is 0 Å². The van der Waals surface area contributed by atoms with Gasteiger partial charge in [-0.25, -0.2) is 0 Å². The molecule has 366 valence electrons. The maximum Gasteiger partial charge on any atom is 0.306 e. The van der Waals surface area contributed by atoms with Gasteiger partial charge in [-0.2, -0.15) is 0 Å². The van der Waals surface area contributed by atoms with E-state index in [0.29, 0.717) is 23.9 Å². The van der Waals surface area contributed by atoms with Gasteiger partial charge in [0.25, 0.3) is 7.82 Å². The number of likely N-dealkylation sites (N-methyl/N-ethyl adjacent to an activating group) is 1. The highest BCUT2D eigenvalue weighted by molar-refractivity contribution is 7.45. The lowest BCUT2D eigenvalue weighted by Gasteiger charge is -2.30. The zero-order valence-corrected chi connectivity index (χ0v) is 42.4. The molecule has 1 amide bonds. The van der Waals surface area contributed by atoms with Gasteiger partial charge in [0.1, 0.15) is 19.3 Å². The number of amides is 1. The van der Waals surface area contributed by atoms with E-state index in [1.807, 2.05) is 33.3 Å². The molecular weight excluding hydrogens is 808 g/mol. The maximum atomic E-state index is 13.4. The summed E-state index contributed by atoms with van der Waals surface area (Å²) in [5, 5.41) is 2.99. The number of rotatable bonds is 45. The summed E-state index contributed by atoms with van der Waals surface area (Å²) in [5.74, 6) is -0.583. The van der Waals surface area contributed by atoms with Crippen molar-refractivity contribution in [1.29, 1.82) is 0 Å². The Morgan fingerprint density at radius 1 is 0.571 bits per heavy atom. The Morgan fingerprint density at radius 2 is 1.03 bits per heavy atom. The summed E-state index contributed by atoms with van der Waals surface area (Å²) in [5.41, 5.74) is 0. The Morgan fingerprint density at radius 3 is 1.59 bits per heavy atom. The average Bonchev–Trinajstić information content (AvgIpc) is 3.23. The highest BCUT2D eigenvalue weighted by Gasteiger charge is 2.27. The van der Waals surface area contributed by atoms with Crippen molar-refractivity contribution in [1.82, 2.24) is 5.32 Å². The normalized spacial score (nSPS) is 14.5. The molecule has 0 aromatic rings. The van der Waals surface area contributed by atoms with Gasteiger partial charge in [0.05, 0.1) is 33.8 Å². The summed E-state index contributed by atoms with van der Waals surface area (Å²) in [6, 6.07) is -0.901. The van der Waals surface area contributed by atoms with Crippen LogP contribution >= 0.6 is 7.82 Å². The number of carbonyl (C=O) groups is 2. The Hall–Kier alpha value is -2.29. The number of unbranched alkanes of at least 4 members (excludes halogenated alkanes) is 21. The minimum Gasteiger partial charge on any atom is -0.756 e. The van der Waals surface area contributed by atoms with Crippen LogP contribution in [0.5, 0.6) is 0 Å². The first kappa shape index (κ1) is 60.7. The number of hydrogen-bond acceptors (Lipinski definition) is 7. The Kier molecular flexibility index (Phi) is 42.0. The van der Waals surface area contributed by atoms with Crippen molar-refractivity contribution in [3.63, 3.8) is 0 Å². The van der Waals surface area contributed by atoms with E-state index in [2.05, 4.69) is 74.7 Å². The molecular formula is C53H97N2O7P. The fourth-order valence-electron chi connectivity index (χ4n) is 6.93. The van der Waals surface area contributed by atoms with Gasteiger partial charge in [-0.05, 0) is 83.1 Å². The number of quaternary nitrogens is 1. The number of ether oxygens (including phenoxy) is 1. The van der Waals surface area contributed by atoms with Gasteiger partial charge < -0.3 is 28.5 Å². The first-order valence-corrected chi connectivity index (χ1v) is 27.1. The molecule has 9 nitrogen and oxygen atoms in total. The zero-order valence-electron chi connectivity index (χ0n) is 41.5. The Balaban J connectivity index is 5.50. The minimum absolute atomic E-state index is 0.0298. The molecule has 0 aromatic carbocycles. The van der Waals surface area contributed by atoms with Gasteiger partial charge in [-0.3, -0.25) is 14.2 Å². The molecule has 0 saturated carbocycles. The van der Waals surface area contributed by atoms with Crippen LogP contribution in [0.15, 0.2) is 60.8 Å². The van der Waals surface area contributed by atoms with Crippen LogP contribution in [0.25, 0.3) is 0 Å². The van der Waals surface area contributed by atoms with Gasteiger partial charge in [0.2, 0.25) is 5.91 Å². The average molecular weight is 905 g/mol. The topological polar surface area (TPSA) is 114 Å². The third-order valence-electron chi connectivity index (χ3n) is 10.9. The van der Waals surface area contributed by atoms with Crippen LogP contribution in [-0.2, 0) is 27.9 Å². The van der Waals surface area contributed by atoms with Gasteiger partial charge >= 0.3 is 5.97 Å². The summed E-state index contributed by atoms with van der Waals surface area (Å²) in [4.78, 5) is 39.6. The Labute approximate surface area is 388 Å².